The molecule has 0 radical (unpaired) electrons. The Morgan fingerprint density at radius 2 is 2.50 bits per heavy atom. The van der Waals surface area contributed by atoms with Crippen molar-refractivity contribution in [3.05, 3.63) is 18.2 Å². The van der Waals surface area contributed by atoms with Crippen LogP contribution in [0.1, 0.15) is 25.5 Å². The molecule has 3 heteroatoms. The van der Waals surface area contributed by atoms with Crippen molar-refractivity contribution >= 4 is 0 Å². The second-order valence-electron chi connectivity index (χ2n) is 3.35. The largest absolute Gasteiger partial charge is 0.337 e. The molecule has 1 heterocycles. The highest BCUT2D eigenvalue weighted by molar-refractivity contribution is 4.97. The Hall–Kier alpha value is -0.830. The van der Waals surface area contributed by atoms with Gasteiger partial charge in [-0.05, 0) is 19.8 Å². The van der Waals surface area contributed by atoms with Crippen LogP contribution in [0.25, 0.3) is 0 Å². The van der Waals surface area contributed by atoms with Crippen LogP contribution in [0.2, 0.25) is 0 Å². The van der Waals surface area contributed by atoms with Gasteiger partial charge in [-0.1, -0.05) is 0 Å². The highest BCUT2D eigenvalue weighted by Crippen LogP contribution is 2.18. The Morgan fingerprint density at radius 1 is 1.67 bits per heavy atom. The van der Waals surface area contributed by atoms with Crippen molar-refractivity contribution in [1.29, 1.82) is 0 Å². The summed E-state index contributed by atoms with van der Waals surface area (Å²) in [5.74, 6) is 0. The van der Waals surface area contributed by atoms with Crippen LogP contribution in [0.5, 0.6) is 0 Å². The fraction of sp³-hybridized carbons (Fsp3) is 0.667. The highest BCUT2D eigenvalue weighted by atomic mass is 15.0. The molecule has 0 bridgehead atoms. The average molecular weight is 165 g/mol. The van der Waals surface area contributed by atoms with Crippen molar-refractivity contribution in [3.63, 3.8) is 0 Å². The van der Waals surface area contributed by atoms with Gasteiger partial charge in [0, 0.05) is 25.3 Å². The Kier molecular flexibility index (Phi) is 2.13. The number of aryl methyl sites for hydroxylation is 1. The molecule has 1 saturated carbocycles. The lowest BCUT2D eigenvalue weighted by Crippen LogP contribution is -2.15. The van der Waals surface area contributed by atoms with E-state index in [2.05, 4.69) is 28.0 Å². The fourth-order valence-corrected chi connectivity index (χ4v) is 1.21. The average Bonchev–Trinajstić information content (AvgIpc) is 2.81. The van der Waals surface area contributed by atoms with Crippen LogP contribution in [0.15, 0.2) is 12.5 Å². The number of aromatic nitrogens is 2. The first-order valence-corrected chi connectivity index (χ1v) is 4.62. The molecule has 0 unspecified atom stereocenters. The molecular weight excluding hydrogens is 150 g/mol. The third kappa shape index (κ3) is 1.85. The topological polar surface area (TPSA) is 29.9 Å². The monoisotopic (exact) mass is 165 g/mol. The van der Waals surface area contributed by atoms with E-state index in [1.807, 2.05) is 6.33 Å². The molecule has 3 nitrogen and oxygen atoms in total. The minimum Gasteiger partial charge on any atom is -0.337 e. The lowest BCUT2D eigenvalue weighted by atomic mass is 10.4. The second-order valence-corrected chi connectivity index (χ2v) is 3.35. The van der Waals surface area contributed by atoms with Crippen molar-refractivity contribution < 1.29 is 0 Å². The summed E-state index contributed by atoms with van der Waals surface area (Å²) in [6, 6.07) is 0.775. The van der Waals surface area contributed by atoms with Gasteiger partial charge in [0.15, 0.2) is 0 Å². The quantitative estimate of drug-likeness (QED) is 0.725. The van der Waals surface area contributed by atoms with E-state index >= 15 is 0 Å². The van der Waals surface area contributed by atoms with Crippen molar-refractivity contribution in [2.45, 2.75) is 38.9 Å². The molecular formula is C9H15N3. The molecule has 1 aromatic heterocycles. The van der Waals surface area contributed by atoms with Gasteiger partial charge in [0.1, 0.15) is 0 Å². The lowest BCUT2D eigenvalue weighted by Gasteiger charge is -1.97. The summed E-state index contributed by atoms with van der Waals surface area (Å²) in [6.45, 7) is 4.06. The van der Waals surface area contributed by atoms with Gasteiger partial charge in [-0.15, -0.1) is 0 Å². The number of nitrogens with zero attached hydrogens (tertiary/aromatic N) is 2. The summed E-state index contributed by atoms with van der Waals surface area (Å²) < 4.78 is 2.10. The molecule has 66 valence electrons. The van der Waals surface area contributed by atoms with Crippen LogP contribution < -0.4 is 5.32 Å². The molecule has 0 saturated heterocycles. The number of nitrogens with one attached hydrogen (secondary N) is 1. The SMILES string of the molecule is CCn1cnc(CNC2CC2)c1. The Morgan fingerprint density at radius 3 is 3.08 bits per heavy atom. The molecule has 0 spiro atoms. The summed E-state index contributed by atoms with van der Waals surface area (Å²) in [5.41, 5.74) is 1.16. The third-order valence-electron chi connectivity index (χ3n) is 2.20. The van der Waals surface area contributed by atoms with E-state index in [1.165, 1.54) is 12.8 Å². The zero-order valence-corrected chi connectivity index (χ0v) is 7.45. The molecule has 0 aliphatic heterocycles. The van der Waals surface area contributed by atoms with Gasteiger partial charge in [0.05, 0.1) is 12.0 Å². The number of hydrogen-bond donors (Lipinski definition) is 1. The standard InChI is InChI=1S/C9H15N3/c1-2-12-6-9(11-7-12)5-10-8-3-4-8/h6-8,10H,2-5H2,1H3. The Bertz CT molecular complexity index is 250. The van der Waals surface area contributed by atoms with Gasteiger partial charge >= 0.3 is 0 Å². The lowest BCUT2D eigenvalue weighted by molar-refractivity contribution is 0.675. The molecule has 0 atom stereocenters. The van der Waals surface area contributed by atoms with Gasteiger partial charge in [-0.25, -0.2) is 4.98 Å². The third-order valence-corrected chi connectivity index (χ3v) is 2.20. The zero-order valence-electron chi connectivity index (χ0n) is 7.45. The molecule has 1 aliphatic rings. The van der Waals surface area contributed by atoms with Gasteiger partial charge in [-0.3, -0.25) is 0 Å². The van der Waals surface area contributed by atoms with Crippen LogP contribution in [-0.4, -0.2) is 15.6 Å². The Labute approximate surface area is 72.8 Å². The predicted molar refractivity (Wildman–Crippen MR) is 47.8 cm³/mol. The minimum atomic E-state index is 0.775. The van der Waals surface area contributed by atoms with Gasteiger partial charge in [0.2, 0.25) is 0 Å². The molecule has 1 fully saturated rings. The maximum Gasteiger partial charge on any atom is 0.0949 e. The predicted octanol–water partition coefficient (Wildman–Crippen LogP) is 1.15. The maximum atomic E-state index is 4.29. The molecule has 12 heavy (non-hydrogen) atoms. The van der Waals surface area contributed by atoms with Crippen LogP contribution in [0, 0.1) is 0 Å². The normalized spacial score (nSPS) is 16.8. The van der Waals surface area contributed by atoms with E-state index in [1.54, 1.807) is 0 Å². The van der Waals surface area contributed by atoms with E-state index in [9.17, 15) is 0 Å². The van der Waals surface area contributed by atoms with E-state index in [0.717, 1.165) is 24.8 Å². The van der Waals surface area contributed by atoms with Crippen LogP contribution >= 0.6 is 0 Å². The van der Waals surface area contributed by atoms with Gasteiger partial charge in [-0.2, -0.15) is 0 Å². The molecule has 1 aromatic rings. The number of hydrogen-bond acceptors (Lipinski definition) is 2. The summed E-state index contributed by atoms with van der Waals surface area (Å²) in [4.78, 5) is 4.29. The van der Waals surface area contributed by atoms with Crippen LogP contribution in [0.4, 0.5) is 0 Å². The zero-order chi connectivity index (χ0) is 8.39. The summed E-state index contributed by atoms with van der Waals surface area (Å²) in [5, 5.41) is 3.43. The molecule has 1 aliphatic carbocycles. The summed E-state index contributed by atoms with van der Waals surface area (Å²) >= 11 is 0. The fourth-order valence-electron chi connectivity index (χ4n) is 1.21. The first-order chi connectivity index (χ1) is 5.88. The number of imidazole rings is 1. The van der Waals surface area contributed by atoms with E-state index in [0.29, 0.717) is 0 Å². The smallest absolute Gasteiger partial charge is 0.0949 e. The van der Waals surface area contributed by atoms with Crippen molar-refractivity contribution in [2.24, 2.45) is 0 Å². The van der Waals surface area contributed by atoms with E-state index in [4.69, 9.17) is 0 Å². The number of rotatable bonds is 4. The first-order valence-electron chi connectivity index (χ1n) is 4.62. The van der Waals surface area contributed by atoms with Gasteiger partial charge in [0.25, 0.3) is 0 Å². The molecule has 0 aromatic carbocycles. The Balaban J connectivity index is 1.84. The molecule has 1 N–H and O–H groups in total. The van der Waals surface area contributed by atoms with Crippen LogP contribution in [-0.2, 0) is 13.1 Å². The van der Waals surface area contributed by atoms with Crippen LogP contribution in [0.3, 0.4) is 0 Å². The molecule has 2 rings (SSSR count). The van der Waals surface area contributed by atoms with E-state index < -0.39 is 0 Å². The van der Waals surface area contributed by atoms with Crippen molar-refractivity contribution in [3.8, 4) is 0 Å². The molecule has 0 amide bonds. The van der Waals surface area contributed by atoms with E-state index in [-0.39, 0.29) is 0 Å². The summed E-state index contributed by atoms with van der Waals surface area (Å²) in [6.07, 6.45) is 6.68. The van der Waals surface area contributed by atoms with Crippen molar-refractivity contribution in [2.75, 3.05) is 0 Å². The van der Waals surface area contributed by atoms with Crippen molar-refractivity contribution in [1.82, 2.24) is 14.9 Å². The minimum absolute atomic E-state index is 0.775. The highest BCUT2D eigenvalue weighted by Gasteiger charge is 2.20. The summed E-state index contributed by atoms with van der Waals surface area (Å²) in [7, 11) is 0. The maximum absolute atomic E-state index is 4.29. The second kappa shape index (κ2) is 3.27. The van der Waals surface area contributed by atoms with Gasteiger partial charge < -0.3 is 9.88 Å². The first kappa shape index (κ1) is 7.80.